The van der Waals surface area contributed by atoms with Gasteiger partial charge in [0, 0.05) is 46.6 Å². The Balaban J connectivity index is 1.34. The van der Waals surface area contributed by atoms with E-state index in [4.69, 9.17) is 4.98 Å². The Morgan fingerprint density at radius 1 is 0.625 bits per heavy atom. The fourth-order valence-corrected chi connectivity index (χ4v) is 8.21. The summed E-state index contributed by atoms with van der Waals surface area (Å²) in [6, 6.07) is 43.4. The second-order valence-electron chi connectivity index (χ2n) is 10.1. The number of para-hydroxylation sites is 1. The van der Waals surface area contributed by atoms with Crippen molar-refractivity contribution in [2.75, 3.05) is 5.32 Å². The molecule has 0 radical (unpaired) electrons. The average Bonchev–Trinajstić information content (AvgIpc) is 3.55. The van der Waals surface area contributed by atoms with Gasteiger partial charge in [-0.15, -0.1) is 11.3 Å². The van der Waals surface area contributed by atoms with Crippen molar-refractivity contribution >= 4 is 76.6 Å². The van der Waals surface area contributed by atoms with Crippen molar-refractivity contribution in [1.29, 1.82) is 0 Å². The third-order valence-electron chi connectivity index (χ3n) is 7.79. The molecule has 0 spiro atoms. The van der Waals surface area contributed by atoms with Gasteiger partial charge in [-0.3, -0.25) is 0 Å². The number of nitrogens with one attached hydrogen (secondary N) is 1. The monoisotopic (exact) mass is 547 g/mol. The quantitative estimate of drug-likeness (QED) is 0.233. The number of rotatable bonds is 2. The van der Waals surface area contributed by atoms with Crippen LogP contribution >= 0.6 is 23.1 Å². The molecule has 1 N–H and O–H groups in total. The van der Waals surface area contributed by atoms with Crippen LogP contribution in [-0.2, 0) is 0 Å². The van der Waals surface area contributed by atoms with Crippen LogP contribution in [0.3, 0.4) is 0 Å². The number of benzene rings is 5. The van der Waals surface area contributed by atoms with Crippen molar-refractivity contribution < 1.29 is 0 Å². The standard InChI is InChI=1S/C35H21N3S2/c1-2-8-21(9-3-1)25-17-19-29-34(37-25)33-28(18-15-24-23-10-4-6-12-30(23)40-35(24)33)38(29)22-14-16-27-32(20-22)39-31-13-7-5-11-26(31)36-27/h1-20,36H. The first kappa shape index (κ1) is 22.3. The van der Waals surface area contributed by atoms with Gasteiger partial charge >= 0.3 is 0 Å². The van der Waals surface area contributed by atoms with Crippen LogP contribution < -0.4 is 5.32 Å². The Hall–Kier alpha value is -4.58. The van der Waals surface area contributed by atoms with Crippen LogP contribution in [0, 0.1) is 0 Å². The van der Waals surface area contributed by atoms with E-state index in [1.807, 2.05) is 23.1 Å². The molecular formula is C35H21N3S2. The first-order valence-corrected chi connectivity index (χ1v) is 14.9. The molecule has 9 rings (SSSR count). The van der Waals surface area contributed by atoms with Crippen LogP contribution in [0.25, 0.3) is 59.1 Å². The summed E-state index contributed by atoms with van der Waals surface area (Å²) in [5.74, 6) is 0. The lowest BCUT2D eigenvalue weighted by Crippen LogP contribution is -2.01. The van der Waals surface area contributed by atoms with Gasteiger partial charge in [0.15, 0.2) is 0 Å². The first-order valence-electron chi connectivity index (χ1n) is 13.3. The lowest BCUT2D eigenvalue weighted by atomic mass is 10.1. The molecule has 3 aromatic heterocycles. The highest BCUT2D eigenvalue weighted by Crippen LogP contribution is 2.47. The van der Waals surface area contributed by atoms with Crippen molar-refractivity contribution in [2.45, 2.75) is 9.79 Å². The van der Waals surface area contributed by atoms with Crippen LogP contribution in [0.1, 0.15) is 0 Å². The fraction of sp³-hybridized carbons (Fsp3) is 0. The van der Waals surface area contributed by atoms with Crippen LogP contribution in [0.2, 0.25) is 0 Å². The van der Waals surface area contributed by atoms with E-state index in [-0.39, 0.29) is 0 Å². The van der Waals surface area contributed by atoms with Gasteiger partial charge in [-0.1, -0.05) is 78.5 Å². The van der Waals surface area contributed by atoms with E-state index in [0.29, 0.717) is 0 Å². The molecule has 0 saturated carbocycles. The second kappa shape index (κ2) is 8.46. The molecule has 188 valence electrons. The van der Waals surface area contributed by atoms with E-state index in [1.165, 1.54) is 40.9 Å². The van der Waals surface area contributed by atoms with Crippen molar-refractivity contribution in [2.24, 2.45) is 0 Å². The van der Waals surface area contributed by atoms with Crippen molar-refractivity contribution in [3.63, 3.8) is 0 Å². The number of nitrogens with zero attached hydrogens (tertiary/aromatic N) is 2. The smallest absolute Gasteiger partial charge is 0.0985 e. The van der Waals surface area contributed by atoms with E-state index >= 15 is 0 Å². The maximum absolute atomic E-state index is 5.33. The van der Waals surface area contributed by atoms with E-state index in [0.717, 1.165) is 39.4 Å². The Bertz CT molecular complexity index is 2280. The van der Waals surface area contributed by atoms with Gasteiger partial charge in [0.25, 0.3) is 0 Å². The molecule has 0 fully saturated rings. The van der Waals surface area contributed by atoms with E-state index < -0.39 is 0 Å². The SMILES string of the molecule is c1ccc(-c2ccc3c(n2)c2c4sc5ccccc5c4ccc2n3-c2ccc3c(c2)Sc2ccccc2N3)cc1. The molecule has 40 heavy (non-hydrogen) atoms. The van der Waals surface area contributed by atoms with Crippen LogP contribution in [0.4, 0.5) is 11.4 Å². The van der Waals surface area contributed by atoms with Crippen molar-refractivity contribution in [1.82, 2.24) is 9.55 Å². The van der Waals surface area contributed by atoms with Gasteiger partial charge in [-0.25, -0.2) is 4.98 Å². The van der Waals surface area contributed by atoms with Gasteiger partial charge in [0.1, 0.15) is 0 Å². The lowest BCUT2D eigenvalue weighted by Gasteiger charge is -2.21. The minimum Gasteiger partial charge on any atom is -0.354 e. The Labute approximate surface area is 238 Å². The summed E-state index contributed by atoms with van der Waals surface area (Å²) in [7, 11) is 0. The Morgan fingerprint density at radius 3 is 2.38 bits per heavy atom. The zero-order valence-corrected chi connectivity index (χ0v) is 22.9. The van der Waals surface area contributed by atoms with Crippen molar-refractivity contribution in [3.05, 3.63) is 121 Å². The molecule has 1 aliphatic rings. The van der Waals surface area contributed by atoms with Gasteiger partial charge in [-0.2, -0.15) is 0 Å². The molecule has 0 unspecified atom stereocenters. The summed E-state index contributed by atoms with van der Waals surface area (Å²) in [5, 5.41) is 7.43. The predicted octanol–water partition coefficient (Wildman–Crippen LogP) is 10.4. The normalized spacial score (nSPS) is 12.6. The summed E-state index contributed by atoms with van der Waals surface area (Å²) in [6.45, 7) is 0. The number of pyridine rings is 1. The summed E-state index contributed by atoms with van der Waals surface area (Å²) >= 11 is 3.68. The van der Waals surface area contributed by atoms with Gasteiger partial charge in [0.2, 0.25) is 0 Å². The zero-order chi connectivity index (χ0) is 26.2. The summed E-state index contributed by atoms with van der Waals surface area (Å²) < 4.78 is 4.99. The molecule has 0 atom stereocenters. The number of hydrogen-bond acceptors (Lipinski definition) is 4. The molecular weight excluding hydrogens is 527 g/mol. The molecule has 8 aromatic rings. The highest BCUT2D eigenvalue weighted by Gasteiger charge is 2.21. The van der Waals surface area contributed by atoms with Crippen LogP contribution in [0.5, 0.6) is 0 Å². The largest absolute Gasteiger partial charge is 0.354 e. The van der Waals surface area contributed by atoms with Gasteiger partial charge < -0.3 is 9.88 Å². The predicted molar refractivity (Wildman–Crippen MR) is 171 cm³/mol. The number of anilines is 2. The second-order valence-corrected chi connectivity index (χ2v) is 12.2. The minimum absolute atomic E-state index is 0.993. The molecule has 5 aromatic carbocycles. The van der Waals surface area contributed by atoms with Gasteiger partial charge in [-0.05, 0) is 54.6 Å². The van der Waals surface area contributed by atoms with E-state index in [2.05, 4.69) is 131 Å². The number of hydrogen-bond donors (Lipinski definition) is 1. The van der Waals surface area contributed by atoms with Crippen LogP contribution in [0.15, 0.2) is 131 Å². The molecule has 0 amide bonds. The zero-order valence-electron chi connectivity index (χ0n) is 21.3. The Morgan fingerprint density at radius 2 is 1.43 bits per heavy atom. The first-order chi connectivity index (χ1) is 19.8. The fourth-order valence-electron chi connectivity index (χ4n) is 5.95. The molecule has 0 bridgehead atoms. The molecule has 0 aliphatic carbocycles. The van der Waals surface area contributed by atoms with Crippen molar-refractivity contribution in [3.8, 4) is 16.9 Å². The molecule has 4 heterocycles. The average molecular weight is 548 g/mol. The van der Waals surface area contributed by atoms with E-state index in [1.54, 1.807) is 0 Å². The summed E-state index contributed by atoms with van der Waals surface area (Å²) in [4.78, 5) is 7.80. The topological polar surface area (TPSA) is 29.9 Å². The van der Waals surface area contributed by atoms with Crippen LogP contribution in [-0.4, -0.2) is 9.55 Å². The third kappa shape index (κ3) is 3.22. The minimum atomic E-state index is 0.993. The van der Waals surface area contributed by atoms with Gasteiger partial charge in [0.05, 0.1) is 33.6 Å². The number of aromatic nitrogens is 2. The maximum atomic E-state index is 5.33. The highest BCUT2D eigenvalue weighted by atomic mass is 32.2. The molecule has 0 saturated heterocycles. The molecule has 5 heteroatoms. The number of fused-ring (bicyclic) bond motifs is 9. The molecule has 3 nitrogen and oxygen atoms in total. The summed E-state index contributed by atoms with van der Waals surface area (Å²) in [5.41, 5.74) is 8.91. The molecule has 1 aliphatic heterocycles. The van der Waals surface area contributed by atoms with E-state index in [9.17, 15) is 0 Å². The summed E-state index contributed by atoms with van der Waals surface area (Å²) in [6.07, 6.45) is 0. The highest BCUT2D eigenvalue weighted by molar-refractivity contribution is 7.99. The Kier molecular flexibility index (Phi) is 4.71. The lowest BCUT2D eigenvalue weighted by molar-refractivity contribution is 1.15. The number of thiophene rings is 1. The maximum Gasteiger partial charge on any atom is 0.0985 e. The third-order valence-corrected chi connectivity index (χ3v) is 10.1.